The third-order valence-corrected chi connectivity index (χ3v) is 2.58. The summed E-state index contributed by atoms with van der Waals surface area (Å²) >= 11 is 5.91. The fourth-order valence-electron chi connectivity index (χ4n) is 1.75. The minimum Gasteiger partial charge on any atom is -0.316 e. The van der Waals surface area contributed by atoms with Gasteiger partial charge in [-0.1, -0.05) is 23.7 Å². The lowest BCUT2D eigenvalue weighted by Gasteiger charge is -2.04. The van der Waals surface area contributed by atoms with Gasteiger partial charge in [-0.2, -0.15) is 0 Å². The second-order valence-electron chi connectivity index (χ2n) is 3.27. The Kier molecular flexibility index (Phi) is 2.38. The van der Waals surface area contributed by atoms with Crippen molar-refractivity contribution >= 4 is 17.2 Å². The van der Waals surface area contributed by atoms with Crippen LogP contribution in [0.15, 0.2) is 24.3 Å². The van der Waals surface area contributed by atoms with Crippen LogP contribution in [0, 0.1) is 0 Å². The molecule has 0 amide bonds. The van der Waals surface area contributed by atoms with Crippen LogP contribution < -0.4 is 5.32 Å². The van der Waals surface area contributed by atoms with Crippen LogP contribution in [0.3, 0.4) is 0 Å². The fourth-order valence-corrected chi connectivity index (χ4v) is 1.94. The Bertz CT molecular complexity index is 355. The second kappa shape index (κ2) is 3.52. The molecule has 0 bridgehead atoms. The summed E-state index contributed by atoms with van der Waals surface area (Å²) in [4.78, 5) is 0. The van der Waals surface area contributed by atoms with E-state index in [0.29, 0.717) is 0 Å². The zero-order valence-corrected chi connectivity index (χ0v) is 8.36. The van der Waals surface area contributed by atoms with E-state index < -0.39 is 0 Å². The van der Waals surface area contributed by atoms with Crippen molar-refractivity contribution < 1.29 is 0 Å². The Labute approximate surface area is 83.4 Å². The molecular weight excluding hydrogens is 182 g/mol. The SMILES string of the molecule is CNCC1=CCc2cc(Cl)ccc21. The monoisotopic (exact) mass is 193 g/mol. The molecule has 0 aromatic heterocycles. The second-order valence-corrected chi connectivity index (χ2v) is 3.70. The van der Waals surface area contributed by atoms with Crippen LogP contribution in [0.2, 0.25) is 5.02 Å². The van der Waals surface area contributed by atoms with Crippen molar-refractivity contribution in [2.45, 2.75) is 6.42 Å². The predicted molar refractivity (Wildman–Crippen MR) is 57.1 cm³/mol. The van der Waals surface area contributed by atoms with Gasteiger partial charge in [0.15, 0.2) is 0 Å². The number of nitrogens with one attached hydrogen (secondary N) is 1. The van der Waals surface area contributed by atoms with Gasteiger partial charge in [0.2, 0.25) is 0 Å². The highest BCUT2D eigenvalue weighted by Gasteiger charge is 2.12. The Morgan fingerprint density at radius 3 is 3.08 bits per heavy atom. The van der Waals surface area contributed by atoms with Gasteiger partial charge in [0.05, 0.1) is 0 Å². The average molecular weight is 194 g/mol. The first-order valence-corrected chi connectivity index (χ1v) is 4.81. The minimum atomic E-state index is 0.831. The van der Waals surface area contributed by atoms with Crippen LogP contribution >= 0.6 is 11.6 Å². The Morgan fingerprint density at radius 1 is 1.46 bits per heavy atom. The molecule has 0 atom stereocenters. The van der Waals surface area contributed by atoms with Crippen molar-refractivity contribution in [1.82, 2.24) is 5.32 Å². The van der Waals surface area contributed by atoms with Crippen LogP contribution in [0.25, 0.3) is 5.57 Å². The number of halogens is 1. The topological polar surface area (TPSA) is 12.0 Å². The molecule has 13 heavy (non-hydrogen) atoms. The van der Waals surface area contributed by atoms with E-state index in [4.69, 9.17) is 11.6 Å². The summed E-state index contributed by atoms with van der Waals surface area (Å²) in [7, 11) is 1.97. The molecular formula is C11H12ClN. The fraction of sp³-hybridized carbons (Fsp3) is 0.273. The van der Waals surface area contributed by atoms with Gasteiger partial charge in [0.25, 0.3) is 0 Å². The number of benzene rings is 1. The Balaban J connectivity index is 2.34. The number of fused-ring (bicyclic) bond motifs is 1. The molecule has 1 aromatic rings. The van der Waals surface area contributed by atoms with Crippen molar-refractivity contribution in [3.63, 3.8) is 0 Å². The maximum absolute atomic E-state index is 5.91. The molecule has 1 N–H and O–H groups in total. The van der Waals surface area contributed by atoms with Gasteiger partial charge < -0.3 is 5.32 Å². The molecule has 0 radical (unpaired) electrons. The number of hydrogen-bond acceptors (Lipinski definition) is 1. The van der Waals surface area contributed by atoms with Gasteiger partial charge in [0.1, 0.15) is 0 Å². The van der Waals surface area contributed by atoms with E-state index in [0.717, 1.165) is 18.0 Å². The van der Waals surface area contributed by atoms with Crippen LogP contribution in [-0.2, 0) is 6.42 Å². The first-order valence-electron chi connectivity index (χ1n) is 4.43. The lowest BCUT2D eigenvalue weighted by molar-refractivity contribution is 0.932. The molecule has 68 valence electrons. The quantitative estimate of drug-likeness (QED) is 0.761. The maximum Gasteiger partial charge on any atom is 0.0409 e. The van der Waals surface area contributed by atoms with Crippen LogP contribution in [0.1, 0.15) is 11.1 Å². The normalized spacial score (nSPS) is 14.2. The van der Waals surface area contributed by atoms with Crippen molar-refractivity contribution in [2.75, 3.05) is 13.6 Å². The average Bonchev–Trinajstić information content (AvgIpc) is 2.49. The zero-order valence-electron chi connectivity index (χ0n) is 7.60. The molecule has 0 unspecified atom stereocenters. The highest BCUT2D eigenvalue weighted by molar-refractivity contribution is 6.30. The van der Waals surface area contributed by atoms with Gasteiger partial charge in [-0.3, -0.25) is 0 Å². The molecule has 0 spiro atoms. The molecule has 0 saturated heterocycles. The number of rotatable bonds is 2. The Morgan fingerprint density at radius 2 is 2.31 bits per heavy atom. The molecule has 1 nitrogen and oxygen atoms in total. The van der Waals surface area contributed by atoms with Gasteiger partial charge in [-0.25, -0.2) is 0 Å². The number of allylic oxidation sites excluding steroid dienone is 1. The molecule has 0 saturated carbocycles. The van der Waals surface area contributed by atoms with Crippen LogP contribution in [0.4, 0.5) is 0 Å². The zero-order chi connectivity index (χ0) is 9.26. The molecule has 1 aromatic carbocycles. The van der Waals surface area contributed by atoms with E-state index in [1.807, 2.05) is 13.1 Å². The van der Waals surface area contributed by atoms with Crippen molar-refractivity contribution in [1.29, 1.82) is 0 Å². The smallest absolute Gasteiger partial charge is 0.0409 e. The van der Waals surface area contributed by atoms with Crippen molar-refractivity contribution in [2.24, 2.45) is 0 Å². The lowest BCUT2D eigenvalue weighted by Crippen LogP contribution is -2.08. The molecule has 2 rings (SSSR count). The highest BCUT2D eigenvalue weighted by atomic mass is 35.5. The standard InChI is InChI=1S/C11H12ClN/c1-13-7-9-3-2-8-6-10(12)4-5-11(8)9/h3-6,13H,2,7H2,1H3. The van der Waals surface area contributed by atoms with Gasteiger partial charge in [0, 0.05) is 11.6 Å². The van der Waals surface area contributed by atoms with Gasteiger partial charge >= 0.3 is 0 Å². The first-order chi connectivity index (χ1) is 6.31. The summed E-state index contributed by atoms with van der Waals surface area (Å²) in [5.74, 6) is 0. The third-order valence-electron chi connectivity index (χ3n) is 2.35. The number of likely N-dealkylation sites (N-methyl/N-ethyl adjacent to an activating group) is 1. The van der Waals surface area contributed by atoms with Crippen LogP contribution in [-0.4, -0.2) is 13.6 Å². The molecule has 0 heterocycles. The van der Waals surface area contributed by atoms with E-state index in [1.54, 1.807) is 0 Å². The number of hydrogen-bond donors (Lipinski definition) is 1. The predicted octanol–water partition coefficient (Wildman–Crippen LogP) is 2.50. The molecule has 0 aliphatic heterocycles. The summed E-state index contributed by atoms with van der Waals surface area (Å²) in [5, 5.41) is 4.00. The molecule has 1 aliphatic carbocycles. The minimum absolute atomic E-state index is 0.831. The van der Waals surface area contributed by atoms with E-state index in [-0.39, 0.29) is 0 Å². The maximum atomic E-state index is 5.91. The molecule has 1 aliphatic rings. The summed E-state index contributed by atoms with van der Waals surface area (Å²) in [6, 6.07) is 6.11. The van der Waals surface area contributed by atoms with E-state index in [2.05, 4.69) is 23.5 Å². The third kappa shape index (κ3) is 1.62. The van der Waals surface area contributed by atoms with Gasteiger partial charge in [-0.15, -0.1) is 0 Å². The van der Waals surface area contributed by atoms with E-state index in [1.165, 1.54) is 16.7 Å². The van der Waals surface area contributed by atoms with E-state index in [9.17, 15) is 0 Å². The Hall–Kier alpha value is -0.790. The highest BCUT2D eigenvalue weighted by Crippen LogP contribution is 2.28. The summed E-state index contributed by atoms with van der Waals surface area (Å²) in [5.41, 5.74) is 4.07. The first kappa shape index (κ1) is 8.79. The lowest BCUT2D eigenvalue weighted by atomic mass is 10.1. The van der Waals surface area contributed by atoms with Crippen molar-refractivity contribution in [3.05, 3.63) is 40.4 Å². The van der Waals surface area contributed by atoms with E-state index >= 15 is 0 Å². The van der Waals surface area contributed by atoms with Gasteiger partial charge in [-0.05, 0) is 42.3 Å². The van der Waals surface area contributed by atoms with Crippen molar-refractivity contribution in [3.8, 4) is 0 Å². The summed E-state index contributed by atoms with van der Waals surface area (Å²) in [6.45, 7) is 0.939. The molecule has 2 heteroatoms. The molecule has 0 fully saturated rings. The summed E-state index contributed by atoms with van der Waals surface area (Å²) < 4.78 is 0. The van der Waals surface area contributed by atoms with Crippen LogP contribution in [0.5, 0.6) is 0 Å². The summed E-state index contributed by atoms with van der Waals surface area (Å²) in [6.07, 6.45) is 3.28. The largest absolute Gasteiger partial charge is 0.316 e.